The average molecular weight is 253 g/mol. The minimum absolute atomic E-state index is 0.516. The van der Waals surface area contributed by atoms with Crippen molar-refractivity contribution in [2.24, 2.45) is 11.3 Å². The zero-order chi connectivity index (χ0) is 13.0. The van der Waals surface area contributed by atoms with E-state index in [1.54, 1.807) is 0 Å². The fraction of sp³-hybridized carbons (Fsp3) is 1.00. The van der Waals surface area contributed by atoms with Gasteiger partial charge in [-0.25, -0.2) is 0 Å². The van der Waals surface area contributed by atoms with Crippen molar-refractivity contribution in [3.05, 3.63) is 0 Å². The Bertz CT molecular complexity index is 245. The summed E-state index contributed by atoms with van der Waals surface area (Å²) >= 11 is 0. The van der Waals surface area contributed by atoms with E-state index < -0.39 is 0 Å². The molecule has 2 unspecified atom stereocenters. The summed E-state index contributed by atoms with van der Waals surface area (Å²) in [5.74, 6) is 0.863. The summed E-state index contributed by atoms with van der Waals surface area (Å²) in [5, 5.41) is 3.71. The van der Waals surface area contributed by atoms with E-state index >= 15 is 0 Å². The molecule has 0 aromatic carbocycles. The second-order valence-electron chi connectivity index (χ2n) is 7.34. The van der Waals surface area contributed by atoms with E-state index in [1.807, 2.05) is 0 Å². The minimum Gasteiger partial charge on any atom is -0.377 e. The maximum absolute atomic E-state index is 5.91. The topological polar surface area (TPSA) is 21.3 Å². The lowest BCUT2D eigenvalue weighted by molar-refractivity contribution is 0.0553. The van der Waals surface area contributed by atoms with Crippen LogP contribution in [0.5, 0.6) is 0 Å². The van der Waals surface area contributed by atoms with Crippen LogP contribution >= 0.6 is 0 Å². The molecule has 0 amide bonds. The molecule has 0 aromatic rings. The molecular weight excluding hydrogens is 222 g/mol. The third kappa shape index (κ3) is 4.55. The summed E-state index contributed by atoms with van der Waals surface area (Å²) in [6.45, 7) is 9.14. The van der Waals surface area contributed by atoms with Crippen molar-refractivity contribution < 1.29 is 4.74 Å². The van der Waals surface area contributed by atoms with Crippen molar-refractivity contribution in [2.45, 2.75) is 77.9 Å². The van der Waals surface area contributed by atoms with Crippen LogP contribution in [0.2, 0.25) is 0 Å². The van der Waals surface area contributed by atoms with Crippen molar-refractivity contribution in [1.82, 2.24) is 5.32 Å². The first-order valence-corrected chi connectivity index (χ1v) is 7.90. The molecule has 2 nitrogen and oxygen atoms in total. The first-order valence-electron chi connectivity index (χ1n) is 7.90. The highest BCUT2D eigenvalue weighted by Gasteiger charge is 2.31. The van der Waals surface area contributed by atoms with Gasteiger partial charge in [0.2, 0.25) is 0 Å². The van der Waals surface area contributed by atoms with Crippen LogP contribution in [-0.2, 0) is 4.74 Å². The molecule has 2 heteroatoms. The number of hydrogen-bond acceptors (Lipinski definition) is 2. The highest BCUT2D eigenvalue weighted by atomic mass is 16.5. The van der Waals surface area contributed by atoms with Gasteiger partial charge >= 0.3 is 0 Å². The summed E-state index contributed by atoms with van der Waals surface area (Å²) in [4.78, 5) is 0. The third-order valence-electron chi connectivity index (χ3n) is 4.58. The molecule has 18 heavy (non-hydrogen) atoms. The molecule has 1 N–H and O–H groups in total. The smallest absolute Gasteiger partial charge is 0.0594 e. The summed E-state index contributed by atoms with van der Waals surface area (Å²) in [6, 6.07) is 0.705. The largest absolute Gasteiger partial charge is 0.377 e. The van der Waals surface area contributed by atoms with Crippen LogP contribution in [-0.4, -0.2) is 25.3 Å². The Morgan fingerprint density at radius 1 is 1.17 bits per heavy atom. The molecule has 2 rings (SSSR count). The van der Waals surface area contributed by atoms with E-state index in [0.29, 0.717) is 17.6 Å². The maximum atomic E-state index is 5.91. The molecule has 0 bridgehead atoms. The average Bonchev–Trinajstić information content (AvgIpc) is 2.74. The Balaban J connectivity index is 1.60. The van der Waals surface area contributed by atoms with Crippen LogP contribution in [0, 0.1) is 11.3 Å². The monoisotopic (exact) mass is 253 g/mol. The second kappa shape index (κ2) is 6.38. The van der Waals surface area contributed by atoms with Crippen molar-refractivity contribution >= 4 is 0 Å². The van der Waals surface area contributed by atoms with Gasteiger partial charge in [0.05, 0.1) is 12.7 Å². The predicted molar refractivity (Wildman–Crippen MR) is 76.8 cm³/mol. The molecule has 2 aliphatic rings. The van der Waals surface area contributed by atoms with E-state index in [4.69, 9.17) is 4.74 Å². The van der Waals surface area contributed by atoms with E-state index in [1.165, 1.54) is 44.9 Å². The highest BCUT2D eigenvalue weighted by molar-refractivity contribution is 4.86. The van der Waals surface area contributed by atoms with Crippen molar-refractivity contribution in [2.75, 3.05) is 13.2 Å². The molecular formula is C16H31NO. The lowest BCUT2D eigenvalue weighted by atomic mass is 9.70. The zero-order valence-corrected chi connectivity index (χ0v) is 12.5. The first kappa shape index (κ1) is 14.3. The maximum Gasteiger partial charge on any atom is 0.0594 e. The normalized spacial score (nSPS) is 32.8. The second-order valence-corrected chi connectivity index (χ2v) is 7.34. The zero-order valence-electron chi connectivity index (χ0n) is 12.5. The lowest BCUT2D eigenvalue weighted by Gasteiger charge is -2.39. The van der Waals surface area contributed by atoms with Crippen molar-refractivity contribution in [1.29, 1.82) is 0 Å². The Hall–Kier alpha value is -0.0800. The molecule has 0 heterocycles. The molecule has 0 aliphatic heterocycles. The van der Waals surface area contributed by atoms with Gasteiger partial charge in [0.1, 0.15) is 0 Å². The molecule has 0 saturated heterocycles. The fourth-order valence-electron chi connectivity index (χ4n) is 4.05. The van der Waals surface area contributed by atoms with Gasteiger partial charge in [0, 0.05) is 12.6 Å². The molecule has 2 atom stereocenters. The first-order chi connectivity index (χ1) is 8.55. The van der Waals surface area contributed by atoms with Gasteiger partial charge < -0.3 is 10.1 Å². The lowest BCUT2D eigenvalue weighted by Crippen LogP contribution is -2.41. The molecule has 0 spiro atoms. The van der Waals surface area contributed by atoms with Crippen molar-refractivity contribution in [3.63, 3.8) is 0 Å². The summed E-state index contributed by atoms with van der Waals surface area (Å²) in [5.41, 5.74) is 0.516. The number of rotatable bonds is 5. The molecule has 2 saturated carbocycles. The third-order valence-corrected chi connectivity index (χ3v) is 4.58. The van der Waals surface area contributed by atoms with E-state index in [9.17, 15) is 0 Å². The SMILES string of the molecule is CC1CC(NCCOC2CCCC2)CC(C)(C)C1. The summed E-state index contributed by atoms with van der Waals surface area (Å²) < 4.78 is 5.91. The molecule has 2 aliphatic carbocycles. The number of hydrogen-bond donors (Lipinski definition) is 1. The van der Waals surface area contributed by atoms with Gasteiger partial charge in [0.25, 0.3) is 0 Å². The standard InChI is InChI=1S/C16H31NO/c1-13-10-14(12-16(2,3)11-13)17-8-9-18-15-6-4-5-7-15/h13-15,17H,4-12H2,1-3H3. The van der Waals surface area contributed by atoms with Crippen LogP contribution < -0.4 is 5.32 Å². The fourth-order valence-corrected chi connectivity index (χ4v) is 4.05. The summed E-state index contributed by atoms with van der Waals surface area (Å²) in [7, 11) is 0. The van der Waals surface area contributed by atoms with E-state index in [-0.39, 0.29) is 0 Å². The van der Waals surface area contributed by atoms with Crippen LogP contribution in [0.1, 0.15) is 65.7 Å². The minimum atomic E-state index is 0.516. The van der Waals surface area contributed by atoms with Crippen LogP contribution in [0.4, 0.5) is 0 Å². The van der Waals surface area contributed by atoms with Gasteiger partial charge in [-0.05, 0) is 43.4 Å². The molecule has 0 aromatic heterocycles. The molecule has 106 valence electrons. The highest BCUT2D eigenvalue weighted by Crippen LogP contribution is 2.38. The molecule has 0 radical (unpaired) electrons. The van der Waals surface area contributed by atoms with Gasteiger partial charge in [0.15, 0.2) is 0 Å². The van der Waals surface area contributed by atoms with E-state index in [0.717, 1.165) is 19.1 Å². The number of ether oxygens (including phenoxy) is 1. The Morgan fingerprint density at radius 2 is 1.89 bits per heavy atom. The van der Waals surface area contributed by atoms with Crippen LogP contribution in [0.25, 0.3) is 0 Å². The Kier molecular flexibility index (Phi) is 5.08. The van der Waals surface area contributed by atoms with Gasteiger partial charge in [-0.2, -0.15) is 0 Å². The Labute approximate surface area is 113 Å². The van der Waals surface area contributed by atoms with Gasteiger partial charge in [-0.15, -0.1) is 0 Å². The number of nitrogens with one attached hydrogen (secondary N) is 1. The van der Waals surface area contributed by atoms with Gasteiger partial charge in [-0.1, -0.05) is 33.6 Å². The Morgan fingerprint density at radius 3 is 2.56 bits per heavy atom. The summed E-state index contributed by atoms with van der Waals surface area (Å²) in [6.07, 6.45) is 9.91. The van der Waals surface area contributed by atoms with Crippen molar-refractivity contribution in [3.8, 4) is 0 Å². The van der Waals surface area contributed by atoms with Crippen LogP contribution in [0.3, 0.4) is 0 Å². The van der Waals surface area contributed by atoms with Gasteiger partial charge in [-0.3, -0.25) is 0 Å². The van der Waals surface area contributed by atoms with Crippen LogP contribution in [0.15, 0.2) is 0 Å². The quantitative estimate of drug-likeness (QED) is 0.753. The molecule has 2 fully saturated rings. The predicted octanol–water partition coefficient (Wildman–Crippen LogP) is 3.75. The van der Waals surface area contributed by atoms with E-state index in [2.05, 4.69) is 26.1 Å².